The molecule has 2 nitrogen and oxygen atoms in total. The summed E-state index contributed by atoms with van der Waals surface area (Å²) >= 11 is 0. The lowest BCUT2D eigenvalue weighted by Gasteiger charge is -2.25. The van der Waals surface area contributed by atoms with E-state index in [1.165, 1.54) is 12.8 Å². The first kappa shape index (κ1) is 12.2. The predicted octanol–water partition coefficient (Wildman–Crippen LogP) is 3.21. The molecule has 1 aromatic rings. The van der Waals surface area contributed by atoms with Gasteiger partial charge in [-0.05, 0) is 36.5 Å². The molecule has 2 N–H and O–H groups in total. The number of hydrogen-bond donors (Lipinski definition) is 1. The summed E-state index contributed by atoms with van der Waals surface area (Å²) in [5, 5.41) is 0. The molecule has 1 aliphatic carbocycles. The number of nitrogen functional groups attached to an aromatic ring is 1. The largest absolute Gasteiger partial charge is 0.399 e. The second kappa shape index (κ2) is 5.35. The van der Waals surface area contributed by atoms with Gasteiger partial charge in [0.15, 0.2) is 0 Å². The number of carbonyl (C=O) groups excluding carboxylic acids is 1. The van der Waals surface area contributed by atoms with Gasteiger partial charge in [-0.3, -0.25) is 4.79 Å². The van der Waals surface area contributed by atoms with E-state index in [2.05, 4.69) is 6.92 Å². The minimum Gasteiger partial charge on any atom is -0.399 e. The van der Waals surface area contributed by atoms with Crippen molar-refractivity contribution >= 4 is 11.5 Å². The van der Waals surface area contributed by atoms with Crippen molar-refractivity contribution in [1.82, 2.24) is 0 Å². The van der Waals surface area contributed by atoms with Crippen LogP contribution in [0.2, 0.25) is 0 Å². The van der Waals surface area contributed by atoms with Crippen molar-refractivity contribution in [2.45, 2.75) is 39.0 Å². The molecular weight excluding hydrogens is 210 g/mol. The van der Waals surface area contributed by atoms with Crippen LogP contribution in [0.25, 0.3) is 0 Å². The highest BCUT2D eigenvalue weighted by Gasteiger charge is 2.23. The summed E-state index contributed by atoms with van der Waals surface area (Å²) in [7, 11) is 0. The third-order valence-corrected chi connectivity index (χ3v) is 3.80. The predicted molar refractivity (Wildman–Crippen MR) is 70.7 cm³/mol. The number of nitrogens with two attached hydrogens (primary N) is 1. The van der Waals surface area contributed by atoms with Crippen molar-refractivity contribution in [2.24, 2.45) is 11.8 Å². The molecule has 0 spiro atoms. The number of Topliss-reactive ketones (excluding diaryl/α,β-unsaturated/α-hetero) is 1. The number of ketones is 1. The fourth-order valence-electron chi connectivity index (χ4n) is 2.63. The molecule has 1 fully saturated rings. The van der Waals surface area contributed by atoms with E-state index in [1.807, 2.05) is 24.3 Å². The number of benzene rings is 1. The summed E-state index contributed by atoms with van der Waals surface area (Å²) in [6, 6.07) is 7.67. The van der Waals surface area contributed by atoms with Crippen LogP contribution in [0.5, 0.6) is 0 Å². The third-order valence-electron chi connectivity index (χ3n) is 3.80. The van der Waals surface area contributed by atoms with Crippen LogP contribution in [-0.2, 0) is 11.2 Å². The van der Waals surface area contributed by atoms with Gasteiger partial charge in [-0.15, -0.1) is 0 Å². The van der Waals surface area contributed by atoms with Crippen molar-refractivity contribution in [3.05, 3.63) is 29.8 Å². The molecule has 0 aromatic heterocycles. The quantitative estimate of drug-likeness (QED) is 0.812. The summed E-state index contributed by atoms with van der Waals surface area (Å²) < 4.78 is 0. The van der Waals surface area contributed by atoms with Crippen molar-refractivity contribution < 1.29 is 4.79 Å². The average Bonchev–Trinajstić information content (AvgIpc) is 2.29. The van der Waals surface area contributed by atoms with E-state index >= 15 is 0 Å². The van der Waals surface area contributed by atoms with E-state index in [4.69, 9.17) is 5.73 Å². The first-order chi connectivity index (χ1) is 8.15. The standard InChI is InChI=1S/C15H21NO/c1-11-5-7-13(8-6-11)15(17)10-12-3-2-4-14(16)9-12/h2-4,9,11,13H,5-8,10,16H2,1H3. The SMILES string of the molecule is CC1CCC(C(=O)Cc2cccc(N)c2)CC1. The molecule has 2 rings (SSSR count). The van der Waals surface area contributed by atoms with Gasteiger partial charge < -0.3 is 5.73 Å². The van der Waals surface area contributed by atoms with Gasteiger partial charge in [0.1, 0.15) is 5.78 Å². The topological polar surface area (TPSA) is 43.1 Å². The maximum absolute atomic E-state index is 12.1. The highest BCUT2D eigenvalue weighted by Crippen LogP contribution is 2.29. The second-order valence-corrected chi connectivity index (χ2v) is 5.34. The minimum atomic E-state index is 0.285. The van der Waals surface area contributed by atoms with Crippen molar-refractivity contribution in [1.29, 1.82) is 0 Å². The van der Waals surface area contributed by atoms with Crippen LogP contribution >= 0.6 is 0 Å². The van der Waals surface area contributed by atoms with Crippen LogP contribution in [0.3, 0.4) is 0 Å². The van der Waals surface area contributed by atoms with Gasteiger partial charge >= 0.3 is 0 Å². The molecular formula is C15H21NO. The van der Waals surface area contributed by atoms with Crippen LogP contribution in [0.4, 0.5) is 5.69 Å². The fraction of sp³-hybridized carbons (Fsp3) is 0.533. The highest BCUT2D eigenvalue weighted by molar-refractivity contribution is 5.83. The Balaban J connectivity index is 1.93. The van der Waals surface area contributed by atoms with Gasteiger partial charge in [0, 0.05) is 18.0 Å². The summed E-state index contributed by atoms with van der Waals surface area (Å²) in [6.07, 6.45) is 5.09. The van der Waals surface area contributed by atoms with Gasteiger partial charge in [0.2, 0.25) is 0 Å². The monoisotopic (exact) mass is 231 g/mol. The van der Waals surface area contributed by atoms with E-state index in [0.29, 0.717) is 12.2 Å². The molecule has 0 unspecified atom stereocenters. The molecule has 0 amide bonds. The highest BCUT2D eigenvalue weighted by atomic mass is 16.1. The van der Waals surface area contributed by atoms with Gasteiger partial charge in [-0.1, -0.05) is 31.9 Å². The van der Waals surface area contributed by atoms with E-state index in [1.54, 1.807) is 0 Å². The lowest BCUT2D eigenvalue weighted by atomic mass is 9.79. The molecule has 0 radical (unpaired) electrons. The number of rotatable bonds is 3. The summed E-state index contributed by atoms with van der Waals surface area (Å²) in [6.45, 7) is 2.28. The Morgan fingerprint density at radius 3 is 2.65 bits per heavy atom. The van der Waals surface area contributed by atoms with Gasteiger partial charge in [0.25, 0.3) is 0 Å². The Morgan fingerprint density at radius 1 is 1.29 bits per heavy atom. The first-order valence-electron chi connectivity index (χ1n) is 6.52. The van der Waals surface area contributed by atoms with Crippen molar-refractivity contribution in [2.75, 3.05) is 5.73 Å². The minimum absolute atomic E-state index is 0.285. The van der Waals surface area contributed by atoms with Gasteiger partial charge in [-0.2, -0.15) is 0 Å². The van der Waals surface area contributed by atoms with Gasteiger partial charge in [-0.25, -0.2) is 0 Å². The first-order valence-corrected chi connectivity index (χ1v) is 6.52. The zero-order chi connectivity index (χ0) is 12.3. The maximum Gasteiger partial charge on any atom is 0.140 e. The Kier molecular flexibility index (Phi) is 3.82. The molecule has 0 saturated heterocycles. The molecule has 0 heterocycles. The molecule has 1 aromatic carbocycles. The normalized spacial score (nSPS) is 24.5. The lowest BCUT2D eigenvalue weighted by molar-refractivity contribution is -0.123. The van der Waals surface area contributed by atoms with Crippen LogP contribution in [-0.4, -0.2) is 5.78 Å². The smallest absolute Gasteiger partial charge is 0.140 e. The zero-order valence-corrected chi connectivity index (χ0v) is 10.5. The molecule has 1 aliphatic rings. The Hall–Kier alpha value is -1.31. The average molecular weight is 231 g/mol. The second-order valence-electron chi connectivity index (χ2n) is 5.34. The van der Waals surface area contributed by atoms with E-state index in [0.717, 1.165) is 30.0 Å². The molecule has 17 heavy (non-hydrogen) atoms. The van der Waals surface area contributed by atoms with E-state index in [9.17, 15) is 4.79 Å². The molecule has 92 valence electrons. The third kappa shape index (κ3) is 3.32. The van der Waals surface area contributed by atoms with Crippen molar-refractivity contribution in [3.63, 3.8) is 0 Å². The molecule has 1 saturated carbocycles. The summed E-state index contributed by atoms with van der Waals surface area (Å²) in [5.41, 5.74) is 7.51. The van der Waals surface area contributed by atoms with Crippen LogP contribution in [0, 0.1) is 11.8 Å². The van der Waals surface area contributed by atoms with Crippen molar-refractivity contribution in [3.8, 4) is 0 Å². The molecule has 0 bridgehead atoms. The lowest BCUT2D eigenvalue weighted by Crippen LogP contribution is -2.22. The summed E-state index contributed by atoms with van der Waals surface area (Å²) in [4.78, 5) is 12.1. The number of carbonyl (C=O) groups is 1. The van der Waals surface area contributed by atoms with Crippen LogP contribution < -0.4 is 5.73 Å². The van der Waals surface area contributed by atoms with E-state index in [-0.39, 0.29) is 5.92 Å². The molecule has 2 heteroatoms. The zero-order valence-electron chi connectivity index (χ0n) is 10.5. The molecule has 0 aliphatic heterocycles. The number of hydrogen-bond acceptors (Lipinski definition) is 2. The van der Waals surface area contributed by atoms with E-state index < -0.39 is 0 Å². The number of anilines is 1. The Morgan fingerprint density at radius 2 is 2.00 bits per heavy atom. The van der Waals surface area contributed by atoms with Crippen LogP contribution in [0.1, 0.15) is 38.2 Å². The van der Waals surface area contributed by atoms with Crippen LogP contribution in [0.15, 0.2) is 24.3 Å². The van der Waals surface area contributed by atoms with Gasteiger partial charge in [0.05, 0.1) is 0 Å². The fourth-order valence-corrected chi connectivity index (χ4v) is 2.63. The summed E-state index contributed by atoms with van der Waals surface area (Å²) in [5.74, 6) is 1.47. The molecule has 0 atom stereocenters. The maximum atomic E-state index is 12.1. The Bertz CT molecular complexity index is 392. The Labute approximate surface area is 103 Å².